The normalized spacial score (nSPS) is 15.7. The Morgan fingerprint density at radius 1 is 0.931 bits per heavy atom. The van der Waals surface area contributed by atoms with E-state index in [-0.39, 0.29) is 17.1 Å². The monoisotopic (exact) mass is 404 g/mol. The molecule has 29 heavy (non-hydrogen) atoms. The van der Waals surface area contributed by atoms with Gasteiger partial charge in [-0.05, 0) is 18.2 Å². The van der Waals surface area contributed by atoms with E-state index in [9.17, 15) is 9.90 Å². The fourth-order valence-electron chi connectivity index (χ4n) is 3.46. The second-order valence-electron chi connectivity index (χ2n) is 6.68. The largest absolute Gasteiger partial charge is 0.511 e. The van der Waals surface area contributed by atoms with Crippen molar-refractivity contribution in [2.24, 2.45) is 0 Å². The SMILES string of the molecule is COc1cccc(SC2=C(O)CC(c3ccccc3)(c3ccccc3)OC2=O)c1. The molecule has 0 fully saturated rings. The van der Waals surface area contributed by atoms with E-state index >= 15 is 0 Å². The molecule has 1 aliphatic heterocycles. The van der Waals surface area contributed by atoms with Gasteiger partial charge in [-0.25, -0.2) is 4.79 Å². The van der Waals surface area contributed by atoms with E-state index in [1.807, 2.05) is 84.9 Å². The van der Waals surface area contributed by atoms with Crippen molar-refractivity contribution in [2.45, 2.75) is 16.9 Å². The van der Waals surface area contributed by atoms with Crippen LogP contribution in [0.5, 0.6) is 5.75 Å². The van der Waals surface area contributed by atoms with Crippen molar-refractivity contribution in [1.29, 1.82) is 0 Å². The van der Waals surface area contributed by atoms with Crippen LogP contribution in [0.25, 0.3) is 0 Å². The first-order valence-electron chi connectivity index (χ1n) is 9.21. The summed E-state index contributed by atoms with van der Waals surface area (Å²) in [7, 11) is 1.59. The van der Waals surface area contributed by atoms with Gasteiger partial charge in [-0.15, -0.1) is 0 Å². The molecular weight excluding hydrogens is 384 g/mol. The maximum atomic E-state index is 13.0. The molecule has 0 aliphatic carbocycles. The Labute approximate surface area is 173 Å². The molecule has 5 heteroatoms. The number of aliphatic hydroxyl groups excluding tert-OH is 1. The smallest absolute Gasteiger partial charge is 0.349 e. The molecule has 0 atom stereocenters. The summed E-state index contributed by atoms with van der Waals surface area (Å²) < 4.78 is 11.3. The third-order valence-electron chi connectivity index (χ3n) is 4.87. The molecule has 0 saturated heterocycles. The molecule has 0 amide bonds. The van der Waals surface area contributed by atoms with Crippen LogP contribution < -0.4 is 4.74 Å². The lowest BCUT2D eigenvalue weighted by molar-refractivity contribution is -0.154. The summed E-state index contributed by atoms with van der Waals surface area (Å²) in [5.41, 5.74) is 0.565. The molecule has 4 rings (SSSR count). The van der Waals surface area contributed by atoms with Crippen molar-refractivity contribution in [3.63, 3.8) is 0 Å². The number of methoxy groups -OCH3 is 1. The van der Waals surface area contributed by atoms with Crippen LogP contribution >= 0.6 is 11.8 Å². The second-order valence-corrected chi connectivity index (χ2v) is 7.77. The predicted molar refractivity (Wildman–Crippen MR) is 113 cm³/mol. The van der Waals surface area contributed by atoms with E-state index in [1.165, 1.54) is 11.8 Å². The number of rotatable bonds is 5. The topological polar surface area (TPSA) is 55.8 Å². The summed E-state index contributed by atoms with van der Waals surface area (Å²) in [6.07, 6.45) is 0.166. The van der Waals surface area contributed by atoms with E-state index in [0.29, 0.717) is 5.75 Å². The van der Waals surface area contributed by atoms with Crippen molar-refractivity contribution in [2.75, 3.05) is 7.11 Å². The summed E-state index contributed by atoms with van der Waals surface area (Å²) in [5, 5.41) is 10.9. The first-order valence-corrected chi connectivity index (χ1v) is 10.0. The van der Waals surface area contributed by atoms with Gasteiger partial charge in [-0.3, -0.25) is 0 Å². The van der Waals surface area contributed by atoms with Gasteiger partial charge in [0.25, 0.3) is 0 Å². The zero-order chi connectivity index (χ0) is 20.3. The molecule has 0 aromatic heterocycles. The maximum absolute atomic E-state index is 13.0. The van der Waals surface area contributed by atoms with Gasteiger partial charge in [0.15, 0.2) is 5.60 Å². The van der Waals surface area contributed by atoms with E-state index in [0.717, 1.165) is 16.0 Å². The number of esters is 1. The van der Waals surface area contributed by atoms with E-state index in [4.69, 9.17) is 9.47 Å². The predicted octanol–water partition coefficient (Wildman–Crippen LogP) is 5.45. The molecular formula is C24H20O4S. The Bertz CT molecular complexity index is 1010. The highest BCUT2D eigenvalue weighted by Gasteiger charge is 2.45. The Morgan fingerprint density at radius 2 is 1.55 bits per heavy atom. The summed E-state index contributed by atoms with van der Waals surface area (Å²) in [4.78, 5) is 14.0. The molecule has 0 bridgehead atoms. The number of carbonyl (C=O) groups excluding carboxylic acids is 1. The number of thioether (sulfide) groups is 1. The summed E-state index contributed by atoms with van der Waals surface area (Å²) in [6.45, 7) is 0. The lowest BCUT2D eigenvalue weighted by atomic mass is 9.81. The van der Waals surface area contributed by atoms with Gasteiger partial charge in [-0.1, -0.05) is 78.5 Å². The minimum Gasteiger partial charge on any atom is -0.511 e. The average Bonchev–Trinajstić information content (AvgIpc) is 2.77. The highest BCUT2D eigenvalue weighted by molar-refractivity contribution is 8.04. The van der Waals surface area contributed by atoms with Gasteiger partial charge in [0.05, 0.1) is 13.5 Å². The molecule has 4 nitrogen and oxygen atoms in total. The number of aliphatic hydroxyl groups is 1. The van der Waals surface area contributed by atoms with Gasteiger partial charge >= 0.3 is 5.97 Å². The number of cyclic esters (lactones) is 1. The third kappa shape index (κ3) is 3.74. The molecule has 1 N–H and O–H groups in total. The van der Waals surface area contributed by atoms with E-state index in [1.54, 1.807) is 7.11 Å². The Hall–Kier alpha value is -3.18. The number of carbonyl (C=O) groups is 1. The average molecular weight is 404 g/mol. The van der Waals surface area contributed by atoms with Crippen LogP contribution in [0.2, 0.25) is 0 Å². The highest BCUT2D eigenvalue weighted by Crippen LogP contribution is 2.46. The number of hydrogen-bond acceptors (Lipinski definition) is 5. The second kappa shape index (κ2) is 8.05. The fourth-order valence-corrected chi connectivity index (χ4v) is 4.33. The van der Waals surface area contributed by atoms with E-state index in [2.05, 4.69) is 0 Å². The number of ether oxygens (including phenoxy) is 2. The minimum atomic E-state index is -1.07. The molecule has 0 saturated carbocycles. The highest BCUT2D eigenvalue weighted by atomic mass is 32.2. The van der Waals surface area contributed by atoms with Gasteiger partial charge < -0.3 is 14.6 Å². The maximum Gasteiger partial charge on any atom is 0.349 e. The van der Waals surface area contributed by atoms with Crippen LogP contribution in [0, 0.1) is 0 Å². The molecule has 0 unspecified atom stereocenters. The van der Waals surface area contributed by atoms with Gasteiger partial charge in [-0.2, -0.15) is 0 Å². The van der Waals surface area contributed by atoms with Crippen LogP contribution in [0.15, 0.2) is 100 Å². The zero-order valence-corrected chi connectivity index (χ0v) is 16.7. The summed E-state index contributed by atoms with van der Waals surface area (Å²) in [5.74, 6) is 0.151. The van der Waals surface area contributed by atoms with Gasteiger partial charge in [0.1, 0.15) is 16.4 Å². The number of hydrogen-bond donors (Lipinski definition) is 1. The molecule has 0 spiro atoms. The molecule has 1 heterocycles. The Morgan fingerprint density at radius 3 is 2.10 bits per heavy atom. The molecule has 1 aliphatic rings. The van der Waals surface area contributed by atoms with Crippen LogP contribution in [-0.2, 0) is 15.1 Å². The minimum absolute atomic E-state index is 0.0155. The zero-order valence-electron chi connectivity index (χ0n) is 15.9. The Kier molecular flexibility index (Phi) is 5.32. The van der Waals surface area contributed by atoms with Crippen LogP contribution in [0.1, 0.15) is 17.5 Å². The summed E-state index contributed by atoms with van der Waals surface area (Å²) in [6, 6.07) is 26.4. The molecule has 3 aromatic carbocycles. The van der Waals surface area contributed by atoms with Crippen molar-refractivity contribution >= 4 is 17.7 Å². The standard InChI is InChI=1S/C24H20O4S/c1-27-19-13-8-14-20(15-19)29-22-21(25)16-24(28-23(22)26,17-9-4-2-5-10-17)18-11-6-3-7-12-18/h2-15,25H,16H2,1H3. The lowest BCUT2D eigenvalue weighted by Gasteiger charge is -2.37. The van der Waals surface area contributed by atoms with Crippen LogP contribution in [0.4, 0.5) is 0 Å². The lowest BCUT2D eigenvalue weighted by Crippen LogP contribution is -2.38. The number of benzene rings is 3. The van der Waals surface area contributed by atoms with Gasteiger partial charge in [0, 0.05) is 16.0 Å². The first kappa shape index (κ1) is 19.2. The fraction of sp³-hybridized carbons (Fsp3) is 0.125. The van der Waals surface area contributed by atoms with Crippen molar-refractivity contribution in [1.82, 2.24) is 0 Å². The van der Waals surface area contributed by atoms with Crippen LogP contribution in [0.3, 0.4) is 0 Å². The van der Waals surface area contributed by atoms with Crippen molar-refractivity contribution in [3.05, 3.63) is 107 Å². The van der Waals surface area contributed by atoms with Gasteiger partial charge in [0.2, 0.25) is 0 Å². The quantitative estimate of drug-likeness (QED) is 0.573. The van der Waals surface area contributed by atoms with Crippen molar-refractivity contribution in [3.8, 4) is 5.75 Å². The first-order chi connectivity index (χ1) is 14.1. The third-order valence-corrected chi connectivity index (χ3v) is 5.97. The molecule has 3 aromatic rings. The van der Waals surface area contributed by atoms with Crippen molar-refractivity contribution < 1.29 is 19.4 Å². The van der Waals surface area contributed by atoms with E-state index < -0.39 is 11.6 Å². The summed E-state index contributed by atoms with van der Waals surface area (Å²) >= 11 is 1.18. The molecule has 146 valence electrons. The molecule has 0 radical (unpaired) electrons. The van der Waals surface area contributed by atoms with Crippen LogP contribution in [-0.4, -0.2) is 18.2 Å². The Balaban J connectivity index is 1.75.